The van der Waals surface area contributed by atoms with Crippen molar-refractivity contribution in [1.29, 1.82) is 10.5 Å². The number of nitriles is 2. The molecule has 0 N–H and O–H groups in total. The van der Waals surface area contributed by atoms with Gasteiger partial charge in [-0.2, -0.15) is 10.5 Å². The molecule has 0 aliphatic rings. The van der Waals surface area contributed by atoms with Crippen molar-refractivity contribution >= 4 is 21.5 Å². The topological polar surface area (TPSA) is 47.6 Å². The minimum atomic E-state index is 0.373. The van der Waals surface area contributed by atoms with Gasteiger partial charge in [0, 0.05) is 0 Å². The first kappa shape index (κ1) is 19.6. The van der Waals surface area contributed by atoms with Crippen LogP contribution in [0.15, 0.2) is 97.1 Å². The summed E-state index contributed by atoms with van der Waals surface area (Å²) in [6.07, 6.45) is 0.745. The summed E-state index contributed by atoms with van der Waals surface area (Å²) >= 11 is 0. The van der Waals surface area contributed by atoms with E-state index < -0.39 is 0 Å². The highest BCUT2D eigenvalue weighted by Gasteiger charge is 2.13. The summed E-state index contributed by atoms with van der Waals surface area (Å²) in [6, 6.07) is 38.1. The maximum atomic E-state index is 9.36. The third-order valence-electron chi connectivity index (χ3n) is 6.03. The van der Waals surface area contributed by atoms with Crippen LogP contribution in [0.3, 0.4) is 0 Å². The number of hydrogen-bond acceptors (Lipinski definition) is 2. The quantitative estimate of drug-likeness (QED) is 0.310. The number of rotatable bonds is 4. The Labute approximate surface area is 187 Å². The highest BCUT2D eigenvalue weighted by molar-refractivity contribution is 6.01. The summed E-state index contributed by atoms with van der Waals surface area (Å²) in [5.74, 6) is 0. The Hall–Kier alpha value is -4.40. The Bertz CT molecular complexity index is 1410. The van der Waals surface area contributed by atoms with Crippen LogP contribution in [0.5, 0.6) is 0 Å². The Balaban J connectivity index is 1.69. The summed E-state index contributed by atoms with van der Waals surface area (Å²) in [5.41, 5.74) is 6.50. The zero-order valence-electron chi connectivity index (χ0n) is 17.5. The second-order valence-corrected chi connectivity index (χ2v) is 7.89. The third-order valence-corrected chi connectivity index (χ3v) is 6.03. The molecule has 5 rings (SSSR count). The van der Waals surface area contributed by atoms with Gasteiger partial charge in [-0.3, -0.25) is 0 Å². The average Bonchev–Trinajstić information content (AvgIpc) is 2.84. The summed E-state index contributed by atoms with van der Waals surface area (Å²) in [5, 5.41) is 23.4. The van der Waals surface area contributed by atoms with Crippen LogP contribution in [-0.2, 0) is 12.8 Å². The fourth-order valence-corrected chi connectivity index (χ4v) is 4.58. The van der Waals surface area contributed by atoms with Crippen LogP contribution in [0.1, 0.15) is 11.1 Å². The molecule has 0 unspecified atom stereocenters. The van der Waals surface area contributed by atoms with Gasteiger partial charge in [0.2, 0.25) is 0 Å². The summed E-state index contributed by atoms with van der Waals surface area (Å²) in [4.78, 5) is 0. The maximum Gasteiger partial charge on any atom is 0.0669 e. The Morgan fingerprint density at radius 3 is 1.28 bits per heavy atom. The molecule has 0 aliphatic heterocycles. The molecule has 2 nitrogen and oxygen atoms in total. The largest absolute Gasteiger partial charge is 0.198 e. The SMILES string of the molecule is N#CCc1ccc2ccccc2c1-c1ccc(-c2c(CC#N)ccc3ccccc23)cc1. The van der Waals surface area contributed by atoms with Gasteiger partial charge in [0.25, 0.3) is 0 Å². The molecule has 0 aromatic heterocycles. The molecular weight excluding hydrogens is 388 g/mol. The van der Waals surface area contributed by atoms with Crippen molar-refractivity contribution in [2.45, 2.75) is 12.8 Å². The van der Waals surface area contributed by atoms with Gasteiger partial charge in [-0.1, -0.05) is 97.1 Å². The van der Waals surface area contributed by atoms with Crippen LogP contribution in [0.25, 0.3) is 43.8 Å². The van der Waals surface area contributed by atoms with Crippen molar-refractivity contribution in [2.24, 2.45) is 0 Å². The van der Waals surface area contributed by atoms with Crippen molar-refractivity contribution in [2.75, 3.05) is 0 Å². The van der Waals surface area contributed by atoms with Crippen molar-refractivity contribution < 1.29 is 0 Å². The standard InChI is InChI=1S/C30H20N2/c31-19-17-25-11-9-21-5-1-3-7-27(21)29(25)23-13-15-24(16-14-23)30-26(18-20-32)12-10-22-6-2-4-8-28(22)30/h1-16H,17-18H2. The molecule has 0 bridgehead atoms. The van der Waals surface area contributed by atoms with Crippen molar-refractivity contribution in [1.82, 2.24) is 0 Å². The lowest BCUT2D eigenvalue weighted by Gasteiger charge is -2.15. The number of hydrogen-bond donors (Lipinski definition) is 0. The first-order valence-corrected chi connectivity index (χ1v) is 10.7. The highest BCUT2D eigenvalue weighted by atomic mass is 14.2. The zero-order chi connectivity index (χ0) is 21.9. The summed E-state index contributed by atoms with van der Waals surface area (Å²) in [7, 11) is 0. The molecule has 0 atom stereocenters. The van der Waals surface area contributed by atoms with Gasteiger partial charge in [-0.05, 0) is 54.9 Å². The van der Waals surface area contributed by atoms with E-state index >= 15 is 0 Å². The number of nitrogens with zero attached hydrogens (tertiary/aromatic N) is 2. The van der Waals surface area contributed by atoms with Gasteiger partial charge < -0.3 is 0 Å². The van der Waals surface area contributed by atoms with Crippen LogP contribution in [0, 0.1) is 22.7 Å². The van der Waals surface area contributed by atoms with Crippen molar-refractivity contribution in [3.05, 3.63) is 108 Å². The number of fused-ring (bicyclic) bond motifs is 2. The van der Waals surface area contributed by atoms with E-state index in [4.69, 9.17) is 0 Å². The normalized spacial score (nSPS) is 10.7. The van der Waals surface area contributed by atoms with Crippen LogP contribution in [-0.4, -0.2) is 0 Å². The molecule has 0 aliphatic carbocycles. The fraction of sp³-hybridized carbons (Fsp3) is 0.0667. The highest BCUT2D eigenvalue weighted by Crippen LogP contribution is 2.36. The van der Waals surface area contributed by atoms with Gasteiger partial charge in [0.1, 0.15) is 0 Å². The lowest BCUT2D eigenvalue weighted by atomic mass is 9.89. The first-order chi connectivity index (χ1) is 15.8. The molecule has 32 heavy (non-hydrogen) atoms. The van der Waals surface area contributed by atoms with Gasteiger partial charge >= 0.3 is 0 Å². The summed E-state index contributed by atoms with van der Waals surface area (Å²) in [6.45, 7) is 0. The number of benzene rings is 5. The second-order valence-electron chi connectivity index (χ2n) is 7.89. The Morgan fingerprint density at radius 2 is 0.875 bits per heavy atom. The minimum absolute atomic E-state index is 0.373. The van der Waals surface area contributed by atoms with E-state index in [2.05, 4.69) is 84.9 Å². The van der Waals surface area contributed by atoms with Crippen molar-refractivity contribution in [3.8, 4) is 34.4 Å². The smallest absolute Gasteiger partial charge is 0.0669 e. The fourth-order valence-electron chi connectivity index (χ4n) is 4.58. The van der Waals surface area contributed by atoms with Gasteiger partial charge in [-0.25, -0.2) is 0 Å². The van der Waals surface area contributed by atoms with Crippen LogP contribution in [0.2, 0.25) is 0 Å². The van der Waals surface area contributed by atoms with Gasteiger partial charge in [0.05, 0.1) is 25.0 Å². The Morgan fingerprint density at radius 1 is 0.469 bits per heavy atom. The molecule has 0 spiro atoms. The van der Waals surface area contributed by atoms with E-state index in [1.54, 1.807) is 0 Å². The van der Waals surface area contributed by atoms with Crippen molar-refractivity contribution in [3.63, 3.8) is 0 Å². The van der Waals surface area contributed by atoms with Gasteiger partial charge in [-0.15, -0.1) is 0 Å². The molecular formula is C30H20N2. The van der Waals surface area contributed by atoms with E-state index in [-0.39, 0.29) is 0 Å². The molecule has 150 valence electrons. The zero-order valence-corrected chi connectivity index (χ0v) is 17.5. The molecule has 0 radical (unpaired) electrons. The second kappa shape index (κ2) is 8.38. The molecule has 0 heterocycles. The molecule has 5 aromatic rings. The third kappa shape index (κ3) is 3.39. The predicted molar refractivity (Wildman–Crippen MR) is 131 cm³/mol. The van der Waals surface area contributed by atoms with E-state index in [1.807, 2.05) is 24.3 Å². The molecule has 5 aromatic carbocycles. The van der Waals surface area contributed by atoms with Gasteiger partial charge in [0.15, 0.2) is 0 Å². The first-order valence-electron chi connectivity index (χ1n) is 10.7. The van der Waals surface area contributed by atoms with E-state index in [0.29, 0.717) is 12.8 Å². The lowest BCUT2D eigenvalue weighted by molar-refractivity contribution is 1.27. The predicted octanol–water partition coefficient (Wildman–Crippen LogP) is 7.46. The average molecular weight is 409 g/mol. The molecule has 2 heteroatoms. The molecule has 0 fully saturated rings. The molecule has 0 saturated carbocycles. The monoisotopic (exact) mass is 408 g/mol. The van der Waals surface area contributed by atoms with Crippen LogP contribution < -0.4 is 0 Å². The van der Waals surface area contributed by atoms with E-state index in [9.17, 15) is 10.5 Å². The van der Waals surface area contributed by atoms with Crippen LogP contribution in [0.4, 0.5) is 0 Å². The lowest BCUT2D eigenvalue weighted by Crippen LogP contribution is -1.93. The maximum absolute atomic E-state index is 9.36. The summed E-state index contributed by atoms with van der Waals surface area (Å²) < 4.78 is 0. The molecule has 0 amide bonds. The Kier molecular flexibility index (Phi) is 5.12. The van der Waals surface area contributed by atoms with E-state index in [0.717, 1.165) is 44.2 Å². The molecule has 0 saturated heterocycles. The van der Waals surface area contributed by atoms with Crippen LogP contribution >= 0.6 is 0 Å². The van der Waals surface area contributed by atoms with E-state index in [1.165, 1.54) is 10.8 Å². The minimum Gasteiger partial charge on any atom is -0.198 e.